The van der Waals surface area contributed by atoms with E-state index >= 15 is 0 Å². The second-order valence-corrected chi connectivity index (χ2v) is 7.52. The number of nitrogens with zero attached hydrogens (tertiary/aromatic N) is 2. The van der Waals surface area contributed by atoms with Gasteiger partial charge in [-0.05, 0) is 24.3 Å². The molecule has 0 aliphatic rings. The zero-order chi connectivity index (χ0) is 14.8. The van der Waals surface area contributed by atoms with Gasteiger partial charge < -0.3 is 10.6 Å². The predicted molar refractivity (Wildman–Crippen MR) is 110 cm³/mol. The van der Waals surface area contributed by atoms with Crippen LogP contribution in [-0.4, -0.2) is 36.8 Å². The van der Waals surface area contributed by atoms with Gasteiger partial charge in [-0.1, -0.05) is 17.8 Å². The summed E-state index contributed by atoms with van der Waals surface area (Å²) in [7, 11) is 1.81. The van der Waals surface area contributed by atoms with E-state index in [1.807, 2.05) is 30.4 Å². The molecule has 2 aromatic rings. The van der Waals surface area contributed by atoms with E-state index in [0.29, 0.717) is 0 Å². The number of rotatable bonds is 8. The molecule has 0 unspecified atom stereocenters. The van der Waals surface area contributed by atoms with Crippen LogP contribution >= 0.6 is 58.4 Å². The monoisotopic (exact) mass is 468 g/mol. The van der Waals surface area contributed by atoms with Crippen molar-refractivity contribution in [2.45, 2.75) is 17.2 Å². The van der Waals surface area contributed by atoms with E-state index < -0.39 is 0 Å². The number of hydrogen-bond acceptors (Lipinski definition) is 5. The van der Waals surface area contributed by atoms with E-state index in [0.717, 1.165) is 42.0 Å². The van der Waals surface area contributed by atoms with E-state index in [1.54, 1.807) is 22.7 Å². The van der Waals surface area contributed by atoms with Gasteiger partial charge in [0.2, 0.25) is 0 Å². The third kappa shape index (κ3) is 7.80. The van der Waals surface area contributed by atoms with Gasteiger partial charge in [0.05, 0.1) is 0 Å². The van der Waals surface area contributed by atoms with Crippen molar-refractivity contribution in [1.82, 2.24) is 15.6 Å². The molecular formula is C14H21IN4S3. The van der Waals surface area contributed by atoms with Crippen LogP contribution in [0.25, 0.3) is 0 Å². The van der Waals surface area contributed by atoms with Crippen molar-refractivity contribution in [3.05, 3.63) is 34.0 Å². The van der Waals surface area contributed by atoms with E-state index in [4.69, 9.17) is 0 Å². The van der Waals surface area contributed by atoms with Crippen molar-refractivity contribution < 1.29 is 0 Å². The molecule has 0 aromatic carbocycles. The maximum atomic E-state index is 4.26. The van der Waals surface area contributed by atoms with Gasteiger partial charge in [-0.25, -0.2) is 4.98 Å². The molecule has 22 heavy (non-hydrogen) atoms. The number of thioether (sulfide) groups is 1. The predicted octanol–water partition coefficient (Wildman–Crippen LogP) is 3.71. The molecule has 122 valence electrons. The summed E-state index contributed by atoms with van der Waals surface area (Å²) in [5.41, 5.74) is 0. The molecule has 0 bridgehead atoms. The Hall–Kier alpha value is -0.320. The molecule has 0 saturated carbocycles. The summed E-state index contributed by atoms with van der Waals surface area (Å²) in [6.07, 6.45) is 3.98. The number of halogens is 1. The third-order valence-electron chi connectivity index (χ3n) is 2.72. The molecule has 0 radical (unpaired) electrons. The number of thiazole rings is 1. The maximum absolute atomic E-state index is 4.26. The second-order valence-electron chi connectivity index (χ2n) is 4.26. The summed E-state index contributed by atoms with van der Waals surface area (Å²) in [6, 6.07) is 4.26. The highest BCUT2D eigenvalue weighted by Gasteiger charge is 1.99. The molecule has 0 atom stereocenters. The molecule has 2 heterocycles. The van der Waals surface area contributed by atoms with E-state index in [-0.39, 0.29) is 24.0 Å². The molecule has 2 N–H and O–H groups in total. The molecule has 2 rings (SSSR count). The molecule has 0 spiro atoms. The highest BCUT2D eigenvalue weighted by Crippen LogP contribution is 2.20. The summed E-state index contributed by atoms with van der Waals surface area (Å²) in [5, 5.41) is 10.8. The van der Waals surface area contributed by atoms with Crippen LogP contribution in [0, 0.1) is 0 Å². The van der Waals surface area contributed by atoms with Crippen LogP contribution in [0.15, 0.2) is 38.4 Å². The van der Waals surface area contributed by atoms with Crippen LogP contribution in [0.4, 0.5) is 0 Å². The Morgan fingerprint density at radius 1 is 1.27 bits per heavy atom. The summed E-state index contributed by atoms with van der Waals surface area (Å²) >= 11 is 5.31. The molecule has 8 heteroatoms. The number of aliphatic imine (C=N–C) groups is 1. The largest absolute Gasteiger partial charge is 0.356 e. The normalized spacial score (nSPS) is 11.0. The highest BCUT2D eigenvalue weighted by molar-refractivity contribution is 14.0. The molecule has 4 nitrogen and oxygen atoms in total. The van der Waals surface area contributed by atoms with Gasteiger partial charge in [0.1, 0.15) is 4.34 Å². The van der Waals surface area contributed by atoms with Crippen LogP contribution < -0.4 is 10.6 Å². The Morgan fingerprint density at radius 2 is 2.14 bits per heavy atom. The fraction of sp³-hybridized carbons (Fsp3) is 0.429. The number of nitrogens with one attached hydrogen (secondary N) is 2. The first kappa shape index (κ1) is 19.7. The highest BCUT2D eigenvalue weighted by atomic mass is 127. The number of guanidine groups is 1. The minimum atomic E-state index is 0. The summed E-state index contributed by atoms with van der Waals surface area (Å²) in [6.45, 7) is 1.84. The molecule has 0 aliphatic heterocycles. The standard InChI is InChI=1S/C14H20N4S3.HI/c1-15-13(17-7-5-12-4-2-9-19-12)16-6-3-10-20-14-18-8-11-21-14;/h2,4,8-9,11H,3,5-7,10H2,1H3,(H2,15,16,17);1H. The van der Waals surface area contributed by atoms with Crippen LogP contribution in [0.5, 0.6) is 0 Å². The van der Waals surface area contributed by atoms with Gasteiger partial charge in [0.15, 0.2) is 5.96 Å². The van der Waals surface area contributed by atoms with Gasteiger partial charge in [-0.3, -0.25) is 4.99 Å². The first-order valence-corrected chi connectivity index (χ1v) is 9.62. The summed E-state index contributed by atoms with van der Waals surface area (Å²) < 4.78 is 1.15. The Balaban J connectivity index is 0.00000242. The first-order valence-electron chi connectivity index (χ1n) is 6.87. The summed E-state index contributed by atoms with van der Waals surface area (Å²) in [5.74, 6) is 1.96. The number of aromatic nitrogens is 1. The first-order chi connectivity index (χ1) is 10.4. The Labute approximate surface area is 161 Å². The smallest absolute Gasteiger partial charge is 0.190 e. The lowest BCUT2D eigenvalue weighted by molar-refractivity contribution is 0.780. The minimum absolute atomic E-state index is 0. The topological polar surface area (TPSA) is 49.3 Å². The van der Waals surface area contributed by atoms with Crippen molar-refractivity contribution >= 4 is 64.4 Å². The molecule has 2 aromatic heterocycles. The molecule has 0 amide bonds. The Kier molecular flexibility index (Phi) is 10.9. The molecule has 0 aliphatic carbocycles. The van der Waals surface area contributed by atoms with Gasteiger partial charge in [-0.15, -0.1) is 46.7 Å². The number of hydrogen-bond donors (Lipinski definition) is 2. The van der Waals surface area contributed by atoms with Crippen LogP contribution in [0.1, 0.15) is 11.3 Å². The quantitative estimate of drug-likeness (QED) is 0.204. The zero-order valence-corrected chi connectivity index (χ0v) is 17.2. The van der Waals surface area contributed by atoms with Crippen molar-refractivity contribution in [3.8, 4) is 0 Å². The second kappa shape index (κ2) is 12.1. The average molecular weight is 468 g/mol. The number of thiophene rings is 1. The summed E-state index contributed by atoms with van der Waals surface area (Å²) in [4.78, 5) is 9.89. The van der Waals surface area contributed by atoms with Crippen molar-refractivity contribution in [3.63, 3.8) is 0 Å². The lowest BCUT2D eigenvalue weighted by Crippen LogP contribution is -2.38. The molecular weight excluding hydrogens is 447 g/mol. The Bertz CT molecular complexity index is 514. The maximum Gasteiger partial charge on any atom is 0.190 e. The lowest BCUT2D eigenvalue weighted by atomic mass is 10.3. The van der Waals surface area contributed by atoms with Gasteiger partial charge >= 0.3 is 0 Å². The van der Waals surface area contributed by atoms with E-state index in [1.165, 1.54) is 4.88 Å². The molecule has 0 saturated heterocycles. The van der Waals surface area contributed by atoms with Gasteiger partial charge in [0, 0.05) is 42.3 Å². The molecule has 0 fully saturated rings. The van der Waals surface area contributed by atoms with Crippen molar-refractivity contribution in [2.75, 3.05) is 25.9 Å². The van der Waals surface area contributed by atoms with Crippen LogP contribution in [0.3, 0.4) is 0 Å². The van der Waals surface area contributed by atoms with Crippen LogP contribution in [0.2, 0.25) is 0 Å². The van der Waals surface area contributed by atoms with Crippen molar-refractivity contribution in [2.24, 2.45) is 4.99 Å². The van der Waals surface area contributed by atoms with Crippen molar-refractivity contribution in [1.29, 1.82) is 0 Å². The lowest BCUT2D eigenvalue weighted by Gasteiger charge is -2.11. The SMILES string of the molecule is CN=C(NCCCSc1nccs1)NCCc1cccs1.I. The van der Waals surface area contributed by atoms with Crippen LogP contribution in [-0.2, 0) is 6.42 Å². The fourth-order valence-corrected chi connectivity index (χ4v) is 4.06. The van der Waals surface area contributed by atoms with E-state index in [2.05, 4.69) is 38.1 Å². The van der Waals surface area contributed by atoms with E-state index in [9.17, 15) is 0 Å². The third-order valence-corrected chi connectivity index (χ3v) is 5.70. The van der Waals surface area contributed by atoms with Gasteiger partial charge in [0.25, 0.3) is 0 Å². The zero-order valence-electron chi connectivity index (χ0n) is 12.4. The Morgan fingerprint density at radius 3 is 2.82 bits per heavy atom. The fourth-order valence-electron chi connectivity index (χ4n) is 1.70. The average Bonchev–Trinajstić information content (AvgIpc) is 3.18. The van der Waals surface area contributed by atoms with Gasteiger partial charge in [-0.2, -0.15) is 0 Å². The minimum Gasteiger partial charge on any atom is -0.356 e.